The Kier molecular flexibility index (Phi) is 5.38. The first-order chi connectivity index (χ1) is 13.3. The van der Waals surface area contributed by atoms with Gasteiger partial charge in [-0.2, -0.15) is 13.2 Å². The van der Waals surface area contributed by atoms with E-state index in [1.165, 1.54) is 6.33 Å². The summed E-state index contributed by atoms with van der Waals surface area (Å²) in [6, 6.07) is -1.10. The molecule has 1 atom stereocenters. The Labute approximate surface area is 155 Å². The molecule has 0 aliphatic rings. The molecule has 0 saturated heterocycles. The quantitative estimate of drug-likeness (QED) is 0.549. The fourth-order valence-electron chi connectivity index (χ4n) is 2.51. The molecular weight excluding hydrogens is 382 g/mol. The lowest BCUT2D eigenvalue weighted by Gasteiger charge is -2.18. The predicted octanol–water partition coefficient (Wildman–Crippen LogP) is 1.84. The van der Waals surface area contributed by atoms with Crippen LogP contribution >= 0.6 is 0 Å². The van der Waals surface area contributed by atoms with Gasteiger partial charge in [0.05, 0.1) is 17.1 Å². The summed E-state index contributed by atoms with van der Waals surface area (Å²) in [6.45, 7) is 0.104. The molecule has 0 fully saturated rings. The zero-order valence-electron chi connectivity index (χ0n) is 14.6. The highest BCUT2D eigenvalue weighted by atomic mass is 19.4. The Hall–Kier alpha value is -3.31. The van der Waals surface area contributed by atoms with Crippen LogP contribution in [0.1, 0.15) is 13.3 Å². The van der Waals surface area contributed by atoms with Crippen molar-refractivity contribution in [3.8, 4) is 11.4 Å². The van der Waals surface area contributed by atoms with Gasteiger partial charge in [0, 0.05) is 6.20 Å². The zero-order chi connectivity index (χ0) is 20.3. The molecule has 1 amide bonds. The monoisotopic (exact) mass is 398 g/mol. The van der Waals surface area contributed by atoms with E-state index in [-0.39, 0.29) is 18.1 Å². The maximum absolute atomic E-state index is 14.1. The molecule has 3 aromatic rings. The molecule has 0 radical (unpaired) electrons. The summed E-state index contributed by atoms with van der Waals surface area (Å²) in [5, 5.41) is 4.98. The number of halogens is 4. The molecule has 3 heterocycles. The number of carbonyl (C=O) groups excluding carboxylic acids is 1. The molecule has 3 rings (SSSR count). The second kappa shape index (κ2) is 7.74. The summed E-state index contributed by atoms with van der Waals surface area (Å²) in [5.41, 5.74) is 1.10. The van der Waals surface area contributed by atoms with Crippen molar-refractivity contribution in [1.29, 1.82) is 0 Å². The van der Waals surface area contributed by atoms with Crippen LogP contribution in [0.2, 0.25) is 0 Å². The molecule has 4 N–H and O–H groups in total. The topological polar surface area (TPSA) is 110 Å². The Morgan fingerprint density at radius 2 is 2.14 bits per heavy atom. The van der Waals surface area contributed by atoms with Crippen molar-refractivity contribution in [2.45, 2.75) is 25.6 Å². The van der Waals surface area contributed by atoms with Crippen molar-refractivity contribution in [1.82, 2.24) is 25.3 Å². The number of aromatic amines is 2. The van der Waals surface area contributed by atoms with E-state index in [4.69, 9.17) is 0 Å². The second-order valence-corrected chi connectivity index (χ2v) is 5.86. The van der Waals surface area contributed by atoms with E-state index < -0.39 is 30.5 Å². The van der Waals surface area contributed by atoms with Crippen LogP contribution in [0.15, 0.2) is 24.9 Å². The van der Waals surface area contributed by atoms with E-state index in [1.807, 2.05) is 0 Å². The second-order valence-electron chi connectivity index (χ2n) is 5.86. The molecule has 0 spiro atoms. The third-order valence-electron chi connectivity index (χ3n) is 3.88. The van der Waals surface area contributed by atoms with Gasteiger partial charge in [0.1, 0.15) is 18.8 Å². The lowest BCUT2D eigenvalue weighted by Crippen LogP contribution is -2.43. The average molecular weight is 398 g/mol. The Balaban J connectivity index is 1.84. The van der Waals surface area contributed by atoms with Gasteiger partial charge in [0.2, 0.25) is 5.91 Å². The molecule has 148 valence electrons. The van der Waals surface area contributed by atoms with Crippen molar-refractivity contribution in [3.63, 3.8) is 0 Å². The van der Waals surface area contributed by atoms with Crippen LogP contribution in [0.3, 0.4) is 0 Å². The minimum Gasteiger partial charge on any atom is -0.356 e. The molecule has 12 heteroatoms. The highest BCUT2D eigenvalue weighted by Gasteiger charge is 2.29. The van der Waals surface area contributed by atoms with Crippen LogP contribution in [-0.2, 0) is 4.79 Å². The van der Waals surface area contributed by atoms with E-state index in [0.717, 1.165) is 6.20 Å². The van der Waals surface area contributed by atoms with Gasteiger partial charge >= 0.3 is 6.18 Å². The van der Waals surface area contributed by atoms with Crippen LogP contribution in [0, 0.1) is 5.82 Å². The lowest BCUT2D eigenvalue weighted by atomic mass is 10.2. The molecule has 0 aromatic carbocycles. The smallest absolute Gasteiger partial charge is 0.356 e. The van der Waals surface area contributed by atoms with E-state index in [9.17, 15) is 22.4 Å². The summed E-state index contributed by atoms with van der Waals surface area (Å²) < 4.78 is 51.0. The number of carbonyl (C=O) groups is 1. The molecule has 0 unspecified atom stereocenters. The van der Waals surface area contributed by atoms with Crippen molar-refractivity contribution in [3.05, 3.63) is 30.7 Å². The SMILES string of the molecule is CC[C@H](Nc1nc(-c2c[nH]c3nc[nH+]cc23)ncc1F)C(=O)NCC(F)(F)F. The standard InChI is InChI=1S/C16H15F4N7O/c1-2-11(15(28)24-6-16(18,19)20)26-14-10(17)5-23-13(27-14)9-4-22-12-8(9)3-21-7-25-12/h3-5,7,11H,2,6H2,1H3,(H,24,28)(H,21,22,25)(H,23,26,27)/p+1/t11-/m0/s1. The largest absolute Gasteiger partial charge is 0.405 e. The van der Waals surface area contributed by atoms with E-state index in [2.05, 4.69) is 30.2 Å². The van der Waals surface area contributed by atoms with Gasteiger partial charge in [0.15, 0.2) is 17.5 Å². The third kappa shape index (κ3) is 4.32. The number of nitrogens with zero attached hydrogens (tertiary/aromatic N) is 3. The average Bonchev–Trinajstić information content (AvgIpc) is 3.09. The van der Waals surface area contributed by atoms with Crippen molar-refractivity contribution >= 4 is 22.8 Å². The number of H-pyrrole nitrogens is 2. The number of rotatable bonds is 6. The summed E-state index contributed by atoms with van der Waals surface area (Å²) >= 11 is 0. The molecule has 28 heavy (non-hydrogen) atoms. The van der Waals surface area contributed by atoms with Crippen LogP contribution < -0.4 is 15.6 Å². The number of amides is 1. The summed E-state index contributed by atoms with van der Waals surface area (Å²) in [5.74, 6) is -1.89. The molecule has 0 aliphatic carbocycles. The summed E-state index contributed by atoms with van der Waals surface area (Å²) in [6.07, 6.45) is 1.23. The van der Waals surface area contributed by atoms with Crippen LogP contribution in [0.25, 0.3) is 22.4 Å². The first-order valence-electron chi connectivity index (χ1n) is 8.25. The van der Waals surface area contributed by atoms with Crippen LogP contribution in [0.5, 0.6) is 0 Å². The van der Waals surface area contributed by atoms with Crippen LogP contribution in [-0.4, -0.2) is 44.6 Å². The summed E-state index contributed by atoms with van der Waals surface area (Å²) in [7, 11) is 0. The Morgan fingerprint density at radius 3 is 2.86 bits per heavy atom. The van der Waals surface area contributed by atoms with Crippen molar-refractivity contribution in [2.24, 2.45) is 0 Å². The first-order valence-corrected chi connectivity index (χ1v) is 8.25. The van der Waals surface area contributed by atoms with Gasteiger partial charge in [-0.1, -0.05) is 6.92 Å². The molecule has 8 nitrogen and oxygen atoms in total. The Morgan fingerprint density at radius 1 is 1.36 bits per heavy atom. The number of fused-ring (bicyclic) bond motifs is 1. The fourth-order valence-corrected chi connectivity index (χ4v) is 2.51. The minimum absolute atomic E-state index is 0.119. The maximum Gasteiger partial charge on any atom is 0.405 e. The van der Waals surface area contributed by atoms with E-state index in [0.29, 0.717) is 16.6 Å². The lowest BCUT2D eigenvalue weighted by molar-refractivity contribution is -0.380. The van der Waals surface area contributed by atoms with Gasteiger partial charge < -0.3 is 15.6 Å². The minimum atomic E-state index is -4.54. The number of nitrogens with one attached hydrogen (secondary N) is 4. The molecular formula is C16H16F4N7O+. The number of hydrogen-bond donors (Lipinski definition) is 3. The maximum atomic E-state index is 14.1. The van der Waals surface area contributed by atoms with Gasteiger partial charge in [-0.3, -0.25) is 4.79 Å². The van der Waals surface area contributed by atoms with Crippen molar-refractivity contribution < 1.29 is 27.3 Å². The fraction of sp³-hybridized carbons (Fsp3) is 0.312. The van der Waals surface area contributed by atoms with E-state index in [1.54, 1.807) is 24.6 Å². The van der Waals surface area contributed by atoms with Crippen molar-refractivity contribution in [2.75, 3.05) is 11.9 Å². The van der Waals surface area contributed by atoms with Gasteiger partial charge in [0.25, 0.3) is 12.0 Å². The predicted molar refractivity (Wildman–Crippen MR) is 90.4 cm³/mol. The van der Waals surface area contributed by atoms with Gasteiger partial charge in [-0.25, -0.2) is 19.3 Å². The highest BCUT2D eigenvalue weighted by molar-refractivity contribution is 5.90. The number of anilines is 1. The molecule has 0 bridgehead atoms. The highest BCUT2D eigenvalue weighted by Crippen LogP contribution is 2.25. The zero-order valence-corrected chi connectivity index (χ0v) is 14.6. The van der Waals surface area contributed by atoms with Gasteiger partial charge in [-0.15, -0.1) is 0 Å². The summed E-state index contributed by atoms with van der Waals surface area (Å²) in [4.78, 5) is 29.8. The third-order valence-corrected chi connectivity index (χ3v) is 3.88. The number of aromatic nitrogens is 5. The molecule has 3 aromatic heterocycles. The number of hydrogen-bond acceptors (Lipinski definition) is 5. The molecule has 0 aliphatic heterocycles. The molecule has 0 saturated carbocycles. The van der Waals surface area contributed by atoms with E-state index >= 15 is 0 Å². The normalized spacial score (nSPS) is 12.8. The van der Waals surface area contributed by atoms with Crippen LogP contribution in [0.4, 0.5) is 23.4 Å². The van der Waals surface area contributed by atoms with Gasteiger partial charge in [-0.05, 0) is 11.4 Å². The first kappa shape index (κ1) is 19.5. The Bertz CT molecular complexity index is 989. The number of alkyl halides is 3.